The van der Waals surface area contributed by atoms with E-state index in [1.807, 2.05) is 0 Å². The highest BCUT2D eigenvalue weighted by atomic mass is 35.5. The lowest BCUT2D eigenvalue weighted by atomic mass is 9.90. The summed E-state index contributed by atoms with van der Waals surface area (Å²) in [5.41, 5.74) is 0. The Hall–Kier alpha value is 0.210. The SMILES string of the molecule is CC1CCCNC1CCCO.Cl. The molecule has 0 aromatic rings. The predicted molar refractivity (Wildman–Crippen MR) is 53.8 cm³/mol. The van der Waals surface area contributed by atoms with E-state index < -0.39 is 0 Å². The maximum absolute atomic E-state index is 8.66. The molecule has 2 N–H and O–H groups in total. The normalized spacial score (nSPS) is 29.5. The Labute approximate surface area is 81.2 Å². The van der Waals surface area contributed by atoms with Crippen molar-refractivity contribution >= 4 is 12.4 Å². The van der Waals surface area contributed by atoms with Crippen molar-refractivity contribution in [3.63, 3.8) is 0 Å². The molecule has 0 spiro atoms. The minimum absolute atomic E-state index is 0. The largest absolute Gasteiger partial charge is 0.396 e. The van der Waals surface area contributed by atoms with Crippen molar-refractivity contribution in [2.24, 2.45) is 5.92 Å². The maximum atomic E-state index is 8.66. The first kappa shape index (κ1) is 12.2. The number of nitrogens with one attached hydrogen (secondary N) is 1. The second-order valence-corrected chi connectivity index (χ2v) is 3.55. The van der Waals surface area contributed by atoms with Crippen LogP contribution in [0.3, 0.4) is 0 Å². The lowest BCUT2D eigenvalue weighted by molar-refractivity contribution is 0.239. The van der Waals surface area contributed by atoms with E-state index in [-0.39, 0.29) is 12.4 Å². The average Bonchev–Trinajstić information content (AvgIpc) is 2.03. The number of hydrogen-bond acceptors (Lipinski definition) is 2. The van der Waals surface area contributed by atoms with Gasteiger partial charge in [-0.05, 0) is 38.1 Å². The Morgan fingerprint density at radius 3 is 2.83 bits per heavy atom. The maximum Gasteiger partial charge on any atom is 0.0431 e. The fraction of sp³-hybridized carbons (Fsp3) is 1.00. The number of aliphatic hydroxyl groups excluding tert-OH is 1. The summed E-state index contributed by atoms with van der Waals surface area (Å²) < 4.78 is 0. The van der Waals surface area contributed by atoms with Crippen LogP contribution in [0.5, 0.6) is 0 Å². The highest BCUT2D eigenvalue weighted by molar-refractivity contribution is 5.85. The van der Waals surface area contributed by atoms with Crippen molar-refractivity contribution in [2.45, 2.75) is 38.6 Å². The molecular formula is C9H20ClNO. The minimum Gasteiger partial charge on any atom is -0.396 e. The molecule has 0 radical (unpaired) electrons. The van der Waals surface area contributed by atoms with Crippen LogP contribution < -0.4 is 5.32 Å². The fourth-order valence-corrected chi connectivity index (χ4v) is 1.81. The van der Waals surface area contributed by atoms with Gasteiger partial charge >= 0.3 is 0 Å². The van der Waals surface area contributed by atoms with Gasteiger partial charge in [0.05, 0.1) is 0 Å². The molecular weight excluding hydrogens is 174 g/mol. The number of halogens is 1. The van der Waals surface area contributed by atoms with E-state index in [9.17, 15) is 0 Å². The molecule has 0 aromatic heterocycles. The summed E-state index contributed by atoms with van der Waals surface area (Å²) in [6.07, 6.45) is 4.75. The third-order valence-electron chi connectivity index (χ3n) is 2.60. The van der Waals surface area contributed by atoms with Gasteiger partial charge in [-0.1, -0.05) is 6.92 Å². The van der Waals surface area contributed by atoms with E-state index in [1.165, 1.54) is 19.4 Å². The molecule has 1 heterocycles. The lowest BCUT2D eigenvalue weighted by Crippen LogP contribution is -2.40. The van der Waals surface area contributed by atoms with Crippen LogP contribution in [0, 0.1) is 5.92 Å². The third-order valence-corrected chi connectivity index (χ3v) is 2.60. The number of hydrogen-bond donors (Lipinski definition) is 2. The van der Waals surface area contributed by atoms with Crippen LogP contribution in [-0.4, -0.2) is 24.3 Å². The van der Waals surface area contributed by atoms with Crippen LogP contribution in [0.1, 0.15) is 32.6 Å². The molecule has 0 saturated carbocycles. The monoisotopic (exact) mass is 193 g/mol. The van der Waals surface area contributed by atoms with Gasteiger partial charge in [-0.25, -0.2) is 0 Å². The van der Waals surface area contributed by atoms with Crippen LogP contribution in [-0.2, 0) is 0 Å². The number of aliphatic hydroxyl groups is 1. The van der Waals surface area contributed by atoms with Gasteiger partial charge < -0.3 is 10.4 Å². The van der Waals surface area contributed by atoms with Gasteiger partial charge in [0.15, 0.2) is 0 Å². The Morgan fingerprint density at radius 2 is 2.25 bits per heavy atom. The quantitative estimate of drug-likeness (QED) is 0.714. The summed E-state index contributed by atoms with van der Waals surface area (Å²) in [7, 11) is 0. The van der Waals surface area contributed by atoms with Gasteiger partial charge in [-0.2, -0.15) is 0 Å². The molecule has 3 heteroatoms. The van der Waals surface area contributed by atoms with E-state index in [4.69, 9.17) is 5.11 Å². The zero-order valence-corrected chi connectivity index (χ0v) is 8.57. The Bertz CT molecular complexity index is 111. The van der Waals surface area contributed by atoms with Gasteiger partial charge in [-0.15, -0.1) is 12.4 Å². The summed E-state index contributed by atoms with van der Waals surface area (Å²) in [4.78, 5) is 0. The molecule has 1 saturated heterocycles. The van der Waals surface area contributed by atoms with Gasteiger partial charge in [0.1, 0.15) is 0 Å². The molecule has 0 aromatic carbocycles. The molecule has 2 nitrogen and oxygen atoms in total. The molecule has 0 amide bonds. The van der Waals surface area contributed by atoms with Crippen LogP contribution in [0.4, 0.5) is 0 Å². The molecule has 2 unspecified atom stereocenters. The molecule has 12 heavy (non-hydrogen) atoms. The van der Waals surface area contributed by atoms with Crippen molar-refractivity contribution in [1.29, 1.82) is 0 Å². The number of rotatable bonds is 3. The summed E-state index contributed by atoms with van der Waals surface area (Å²) in [5, 5.41) is 12.1. The lowest BCUT2D eigenvalue weighted by Gasteiger charge is -2.29. The molecule has 0 bridgehead atoms. The first-order chi connectivity index (χ1) is 5.34. The van der Waals surface area contributed by atoms with Crippen molar-refractivity contribution in [1.82, 2.24) is 5.32 Å². The zero-order valence-electron chi connectivity index (χ0n) is 7.75. The fourth-order valence-electron chi connectivity index (χ4n) is 1.81. The molecule has 0 aliphatic carbocycles. The minimum atomic E-state index is 0. The molecule has 2 atom stereocenters. The smallest absolute Gasteiger partial charge is 0.0431 e. The van der Waals surface area contributed by atoms with E-state index in [1.54, 1.807) is 0 Å². The summed E-state index contributed by atoms with van der Waals surface area (Å²) >= 11 is 0. The van der Waals surface area contributed by atoms with E-state index >= 15 is 0 Å². The van der Waals surface area contributed by atoms with E-state index in [0.717, 1.165) is 18.8 Å². The van der Waals surface area contributed by atoms with Crippen LogP contribution in [0.25, 0.3) is 0 Å². The Kier molecular flexibility index (Phi) is 6.81. The zero-order chi connectivity index (χ0) is 8.10. The molecule has 1 aliphatic heterocycles. The third kappa shape index (κ3) is 3.74. The van der Waals surface area contributed by atoms with Crippen molar-refractivity contribution in [3.05, 3.63) is 0 Å². The number of piperidine rings is 1. The molecule has 1 fully saturated rings. The average molecular weight is 194 g/mol. The summed E-state index contributed by atoms with van der Waals surface area (Å²) in [6, 6.07) is 0.663. The highest BCUT2D eigenvalue weighted by Gasteiger charge is 2.19. The Balaban J connectivity index is 0.00000121. The van der Waals surface area contributed by atoms with Crippen LogP contribution >= 0.6 is 12.4 Å². The summed E-state index contributed by atoms with van der Waals surface area (Å²) in [6.45, 7) is 3.81. The topological polar surface area (TPSA) is 32.3 Å². The standard InChI is InChI=1S/C9H19NO.ClH/c1-8-4-2-6-10-9(8)5-3-7-11;/h8-11H,2-7H2,1H3;1H. The van der Waals surface area contributed by atoms with Gasteiger partial charge in [0.25, 0.3) is 0 Å². The summed E-state index contributed by atoms with van der Waals surface area (Å²) in [5.74, 6) is 0.801. The van der Waals surface area contributed by atoms with Crippen LogP contribution in [0.15, 0.2) is 0 Å². The molecule has 74 valence electrons. The van der Waals surface area contributed by atoms with Crippen molar-refractivity contribution in [3.8, 4) is 0 Å². The van der Waals surface area contributed by atoms with Gasteiger partial charge in [0, 0.05) is 12.6 Å². The molecule has 1 rings (SSSR count). The first-order valence-electron chi connectivity index (χ1n) is 4.69. The van der Waals surface area contributed by atoms with E-state index in [2.05, 4.69) is 12.2 Å². The van der Waals surface area contributed by atoms with E-state index in [0.29, 0.717) is 12.6 Å². The van der Waals surface area contributed by atoms with Gasteiger partial charge in [-0.3, -0.25) is 0 Å². The van der Waals surface area contributed by atoms with Gasteiger partial charge in [0.2, 0.25) is 0 Å². The second kappa shape index (κ2) is 6.70. The predicted octanol–water partition coefficient (Wildman–Crippen LogP) is 1.57. The molecule has 1 aliphatic rings. The second-order valence-electron chi connectivity index (χ2n) is 3.55. The highest BCUT2D eigenvalue weighted by Crippen LogP contribution is 2.18. The van der Waals surface area contributed by atoms with Crippen molar-refractivity contribution in [2.75, 3.05) is 13.2 Å². The van der Waals surface area contributed by atoms with Crippen molar-refractivity contribution < 1.29 is 5.11 Å². The van der Waals surface area contributed by atoms with Crippen LogP contribution in [0.2, 0.25) is 0 Å². The first-order valence-corrected chi connectivity index (χ1v) is 4.69. The Morgan fingerprint density at radius 1 is 1.50 bits per heavy atom.